The first-order valence-electron chi connectivity index (χ1n) is 3.15. The number of hydrogen-bond acceptors (Lipinski definition) is 5. The number of hydrogen-bond donors (Lipinski definition) is 2. The van der Waals surface area contributed by atoms with Crippen LogP contribution in [0, 0.1) is 0 Å². The van der Waals surface area contributed by atoms with Gasteiger partial charge in [-0.05, 0) is 0 Å². The van der Waals surface area contributed by atoms with E-state index in [1.54, 1.807) is 0 Å². The molecule has 7 heteroatoms. The molecule has 0 aromatic carbocycles. The molecule has 0 saturated carbocycles. The van der Waals surface area contributed by atoms with Crippen LogP contribution >= 0.6 is 7.60 Å². The van der Waals surface area contributed by atoms with Crippen LogP contribution in [0.5, 0.6) is 0 Å². The van der Waals surface area contributed by atoms with E-state index in [1.807, 2.05) is 0 Å². The largest absolute Gasteiger partial charge is 0.481 e. The average molecular weight is 197 g/mol. The van der Waals surface area contributed by atoms with Crippen LogP contribution in [0.1, 0.15) is 6.42 Å². The zero-order valence-electron chi connectivity index (χ0n) is 6.89. The van der Waals surface area contributed by atoms with Crippen LogP contribution in [-0.4, -0.2) is 31.1 Å². The molecule has 0 rings (SSSR count). The molecule has 1 unspecified atom stereocenters. The normalized spacial score (nSPS) is 14.2. The standard InChI is InChI=1S/C5H12NO5P/c1-10-12(9,11-2)4(6)3-5(7)8/h4H,3,6H2,1-2H3,(H,7,8). The monoisotopic (exact) mass is 197 g/mol. The van der Waals surface area contributed by atoms with Gasteiger partial charge < -0.3 is 19.9 Å². The van der Waals surface area contributed by atoms with Crippen LogP contribution in [0.25, 0.3) is 0 Å². The molecule has 0 radical (unpaired) electrons. The van der Waals surface area contributed by atoms with E-state index in [4.69, 9.17) is 10.8 Å². The molecule has 0 fully saturated rings. The number of carboxylic acid groups (broad SMARTS) is 1. The Labute approximate surface area is 70.2 Å². The number of nitrogens with two attached hydrogens (primary N) is 1. The second-order valence-corrected chi connectivity index (χ2v) is 4.54. The van der Waals surface area contributed by atoms with Gasteiger partial charge in [0.1, 0.15) is 5.78 Å². The molecule has 72 valence electrons. The Hall–Kier alpha value is -0.420. The van der Waals surface area contributed by atoms with E-state index >= 15 is 0 Å². The summed E-state index contributed by atoms with van der Waals surface area (Å²) < 4.78 is 20.3. The van der Waals surface area contributed by atoms with Gasteiger partial charge in [-0.15, -0.1) is 0 Å². The lowest BCUT2D eigenvalue weighted by atomic mass is 10.4. The van der Waals surface area contributed by atoms with Gasteiger partial charge in [-0.1, -0.05) is 0 Å². The van der Waals surface area contributed by atoms with Crippen molar-refractivity contribution in [2.45, 2.75) is 12.2 Å². The van der Waals surface area contributed by atoms with Gasteiger partial charge in [-0.2, -0.15) is 0 Å². The Morgan fingerprint density at radius 2 is 2.00 bits per heavy atom. The molecule has 0 aromatic heterocycles. The molecular weight excluding hydrogens is 185 g/mol. The lowest BCUT2D eigenvalue weighted by Crippen LogP contribution is -2.25. The SMILES string of the molecule is COP(=O)(OC)C(N)CC(=O)O. The average Bonchev–Trinajstić information content (AvgIpc) is 2.02. The molecule has 0 saturated heterocycles. The summed E-state index contributed by atoms with van der Waals surface area (Å²) >= 11 is 0. The van der Waals surface area contributed by atoms with Crippen LogP contribution in [0.3, 0.4) is 0 Å². The Morgan fingerprint density at radius 1 is 1.58 bits per heavy atom. The van der Waals surface area contributed by atoms with Gasteiger partial charge >= 0.3 is 13.6 Å². The van der Waals surface area contributed by atoms with Gasteiger partial charge in [0.15, 0.2) is 0 Å². The van der Waals surface area contributed by atoms with Crippen LogP contribution in [0.4, 0.5) is 0 Å². The molecule has 0 heterocycles. The fourth-order valence-electron chi connectivity index (χ4n) is 0.636. The second kappa shape index (κ2) is 4.57. The third kappa shape index (κ3) is 2.91. The van der Waals surface area contributed by atoms with E-state index in [9.17, 15) is 9.36 Å². The zero-order valence-corrected chi connectivity index (χ0v) is 7.78. The first-order valence-corrected chi connectivity index (χ1v) is 4.76. The molecule has 0 aliphatic carbocycles. The Morgan fingerprint density at radius 3 is 2.25 bits per heavy atom. The second-order valence-electron chi connectivity index (χ2n) is 2.07. The van der Waals surface area contributed by atoms with Crippen molar-refractivity contribution in [2.24, 2.45) is 5.73 Å². The number of aliphatic carboxylic acids is 1. The molecule has 0 amide bonds. The van der Waals surface area contributed by atoms with E-state index in [0.717, 1.165) is 14.2 Å². The molecule has 0 spiro atoms. The summed E-state index contributed by atoms with van der Waals surface area (Å²) in [4.78, 5) is 10.2. The Balaban J connectivity index is 4.32. The maximum atomic E-state index is 11.4. The molecule has 1 atom stereocenters. The summed E-state index contributed by atoms with van der Waals surface area (Å²) in [5.74, 6) is -2.26. The minimum absolute atomic E-state index is 0.445. The quantitative estimate of drug-likeness (QED) is 0.612. The van der Waals surface area contributed by atoms with Crippen LogP contribution in [-0.2, 0) is 18.4 Å². The fourth-order valence-corrected chi connectivity index (χ4v) is 1.71. The summed E-state index contributed by atoms with van der Waals surface area (Å²) in [5, 5.41) is 8.33. The van der Waals surface area contributed by atoms with Gasteiger partial charge in [0.2, 0.25) is 0 Å². The van der Waals surface area contributed by atoms with Crippen molar-refractivity contribution in [1.29, 1.82) is 0 Å². The molecule has 12 heavy (non-hydrogen) atoms. The highest BCUT2D eigenvalue weighted by Gasteiger charge is 2.32. The van der Waals surface area contributed by atoms with Crippen molar-refractivity contribution in [1.82, 2.24) is 0 Å². The Kier molecular flexibility index (Phi) is 4.41. The van der Waals surface area contributed by atoms with Gasteiger partial charge in [0.25, 0.3) is 0 Å². The molecule has 0 bridgehead atoms. The maximum absolute atomic E-state index is 11.4. The molecular formula is C5H12NO5P. The Bertz CT molecular complexity index is 198. The summed E-state index contributed by atoms with van der Waals surface area (Å²) in [5.41, 5.74) is 5.28. The highest BCUT2D eigenvalue weighted by atomic mass is 31.2. The molecule has 0 aliphatic rings. The molecule has 3 N–H and O–H groups in total. The molecule has 0 aromatic rings. The summed E-state index contributed by atoms with van der Waals surface area (Å²) in [7, 11) is -1.11. The van der Waals surface area contributed by atoms with Crippen molar-refractivity contribution in [3.8, 4) is 0 Å². The fraction of sp³-hybridized carbons (Fsp3) is 0.800. The van der Waals surface area contributed by atoms with Crippen molar-refractivity contribution in [3.05, 3.63) is 0 Å². The molecule has 0 aliphatic heterocycles. The highest BCUT2D eigenvalue weighted by molar-refractivity contribution is 7.54. The van der Waals surface area contributed by atoms with E-state index in [2.05, 4.69) is 9.05 Å². The summed E-state index contributed by atoms with van der Waals surface area (Å²) in [6.45, 7) is 0. The predicted molar refractivity (Wildman–Crippen MR) is 41.9 cm³/mol. The van der Waals surface area contributed by atoms with Crippen LogP contribution < -0.4 is 5.73 Å². The van der Waals surface area contributed by atoms with E-state index in [-0.39, 0.29) is 0 Å². The summed E-state index contributed by atoms with van der Waals surface area (Å²) in [6.07, 6.45) is -0.445. The smallest absolute Gasteiger partial charge is 0.347 e. The van der Waals surface area contributed by atoms with Crippen molar-refractivity contribution < 1.29 is 23.5 Å². The number of carboxylic acids is 1. The van der Waals surface area contributed by atoms with Crippen molar-refractivity contribution >= 4 is 13.6 Å². The first-order chi connectivity index (χ1) is 5.46. The molecule has 6 nitrogen and oxygen atoms in total. The van der Waals surface area contributed by atoms with Gasteiger partial charge in [-0.3, -0.25) is 9.36 Å². The van der Waals surface area contributed by atoms with Crippen LogP contribution in [0.2, 0.25) is 0 Å². The zero-order chi connectivity index (χ0) is 9.78. The number of carbonyl (C=O) groups is 1. The minimum atomic E-state index is -3.43. The van der Waals surface area contributed by atoms with Gasteiger partial charge in [0, 0.05) is 14.2 Å². The lowest BCUT2D eigenvalue weighted by molar-refractivity contribution is -0.137. The summed E-state index contributed by atoms with van der Waals surface area (Å²) in [6, 6.07) is 0. The van der Waals surface area contributed by atoms with E-state index in [0.29, 0.717) is 0 Å². The maximum Gasteiger partial charge on any atom is 0.347 e. The van der Waals surface area contributed by atoms with Gasteiger partial charge in [-0.25, -0.2) is 0 Å². The minimum Gasteiger partial charge on any atom is -0.481 e. The topological polar surface area (TPSA) is 98.9 Å². The van der Waals surface area contributed by atoms with Crippen LogP contribution in [0.15, 0.2) is 0 Å². The lowest BCUT2D eigenvalue weighted by Gasteiger charge is -2.18. The van der Waals surface area contributed by atoms with Crippen molar-refractivity contribution in [2.75, 3.05) is 14.2 Å². The third-order valence-corrected chi connectivity index (χ3v) is 3.31. The number of rotatable bonds is 5. The van der Waals surface area contributed by atoms with Gasteiger partial charge in [0.05, 0.1) is 6.42 Å². The van der Waals surface area contributed by atoms with E-state index < -0.39 is 25.8 Å². The third-order valence-electron chi connectivity index (χ3n) is 1.30. The predicted octanol–water partition coefficient (Wildman–Crippen LogP) is 0.232. The first kappa shape index (κ1) is 11.6. The van der Waals surface area contributed by atoms with E-state index in [1.165, 1.54) is 0 Å². The van der Waals surface area contributed by atoms with Crippen molar-refractivity contribution in [3.63, 3.8) is 0 Å². The highest BCUT2D eigenvalue weighted by Crippen LogP contribution is 2.50.